The van der Waals surface area contributed by atoms with Crippen molar-refractivity contribution in [3.05, 3.63) is 28.2 Å². The van der Waals surface area contributed by atoms with Gasteiger partial charge in [0.25, 0.3) is 0 Å². The molecule has 0 saturated heterocycles. The molecule has 0 amide bonds. The van der Waals surface area contributed by atoms with Crippen LogP contribution in [0.1, 0.15) is 5.56 Å². The molecule has 0 radical (unpaired) electrons. The van der Waals surface area contributed by atoms with Crippen LogP contribution in [0.3, 0.4) is 0 Å². The average Bonchev–Trinajstić information content (AvgIpc) is 2.34. The summed E-state index contributed by atoms with van der Waals surface area (Å²) in [5, 5.41) is 2.87. The van der Waals surface area contributed by atoms with Gasteiger partial charge in [0.1, 0.15) is 0 Å². The lowest BCUT2D eigenvalue weighted by Gasteiger charge is -2.12. The lowest BCUT2D eigenvalue weighted by molar-refractivity contribution is -0.138. The van der Waals surface area contributed by atoms with Gasteiger partial charge in [0.2, 0.25) is 0 Å². The Kier molecular flexibility index (Phi) is 6.60. The van der Waals surface area contributed by atoms with E-state index in [9.17, 15) is 13.2 Å². The van der Waals surface area contributed by atoms with Gasteiger partial charge in [-0.05, 0) is 18.2 Å². The van der Waals surface area contributed by atoms with Crippen LogP contribution in [0.5, 0.6) is 0 Å². The highest BCUT2D eigenvalue weighted by Crippen LogP contribution is 2.36. The lowest BCUT2D eigenvalue weighted by atomic mass is 10.2. The maximum absolute atomic E-state index is 12.7. The van der Waals surface area contributed by atoms with E-state index in [1.165, 1.54) is 6.07 Å². The van der Waals surface area contributed by atoms with Gasteiger partial charge in [-0.1, -0.05) is 15.9 Å². The summed E-state index contributed by atoms with van der Waals surface area (Å²) in [4.78, 5) is 0. The zero-order chi connectivity index (χ0) is 14.3. The van der Waals surface area contributed by atoms with Crippen molar-refractivity contribution in [3.63, 3.8) is 0 Å². The number of halogens is 4. The largest absolute Gasteiger partial charge is 0.417 e. The number of rotatable bonds is 7. The van der Waals surface area contributed by atoms with E-state index in [1.54, 1.807) is 13.2 Å². The normalized spacial score (nSPS) is 11.6. The Labute approximate surface area is 118 Å². The molecule has 1 aromatic rings. The SMILES string of the molecule is COCCOCCNc1ccc(Br)c(C(F)(F)F)c1. The first-order valence-corrected chi connectivity index (χ1v) is 6.41. The molecule has 0 spiro atoms. The molecule has 108 valence electrons. The molecule has 0 aliphatic heterocycles. The first-order chi connectivity index (χ1) is 8.95. The summed E-state index contributed by atoms with van der Waals surface area (Å²) in [5.74, 6) is 0. The van der Waals surface area contributed by atoms with Crippen LogP contribution in [0.15, 0.2) is 22.7 Å². The second kappa shape index (κ2) is 7.72. The van der Waals surface area contributed by atoms with Crippen molar-refractivity contribution in [1.29, 1.82) is 0 Å². The molecule has 0 heterocycles. The van der Waals surface area contributed by atoms with Gasteiger partial charge in [0.15, 0.2) is 0 Å². The quantitative estimate of drug-likeness (QED) is 0.769. The zero-order valence-corrected chi connectivity index (χ0v) is 12.0. The fourth-order valence-corrected chi connectivity index (χ4v) is 1.84. The number of methoxy groups -OCH3 is 1. The summed E-state index contributed by atoms with van der Waals surface area (Å²) in [6.07, 6.45) is -4.37. The van der Waals surface area contributed by atoms with E-state index in [2.05, 4.69) is 21.2 Å². The van der Waals surface area contributed by atoms with Gasteiger partial charge >= 0.3 is 6.18 Å². The monoisotopic (exact) mass is 341 g/mol. The Morgan fingerprint density at radius 3 is 2.58 bits per heavy atom. The molecule has 0 saturated carbocycles. The third-order valence-corrected chi connectivity index (χ3v) is 2.97. The van der Waals surface area contributed by atoms with E-state index in [0.717, 1.165) is 6.07 Å². The molecule has 0 unspecified atom stereocenters. The number of hydrogen-bond acceptors (Lipinski definition) is 3. The van der Waals surface area contributed by atoms with E-state index in [4.69, 9.17) is 9.47 Å². The van der Waals surface area contributed by atoms with E-state index < -0.39 is 11.7 Å². The summed E-state index contributed by atoms with van der Waals surface area (Å²) < 4.78 is 48.0. The molecule has 3 nitrogen and oxygen atoms in total. The summed E-state index contributed by atoms with van der Waals surface area (Å²) >= 11 is 2.89. The minimum Gasteiger partial charge on any atom is -0.383 e. The van der Waals surface area contributed by atoms with Gasteiger partial charge in [-0.15, -0.1) is 0 Å². The van der Waals surface area contributed by atoms with Gasteiger partial charge in [-0.25, -0.2) is 0 Å². The van der Waals surface area contributed by atoms with Crippen LogP contribution in [0, 0.1) is 0 Å². The lowest BCUT2D eigenvalue weighted by Crippen LogP contribution is -2.13. The average molecular weight is 342 g/mol. The first-order valence-electron chi connectivity index (χ1n) is 5.62. The molecule has 0 fully saturated rings. The maximum Gasteiger partial charge on any atom is 0.417 e. The first kappa shape index (κ1) is 16.3. The van der Waals surface area contributed by atoms with Crippen LogP contribution in [0.2, 0.25) is 0 Å². The van der Waals surface area contributed by atoms with Crippen molar-refractivity contribution in [2.45, 2.75) is 6.18 Å². The van der Waals surface area contributed by atoms with E-state index in [0.29, 0.717) is 32.1 Å². The Bertz CT molecular complexity index is 399. The second-order valence-electron chi connectivity index (χ2n) is 3.72. The third-order valence-electron chi connectivity index (χ3n) is 2.28. The van der Waals surface area contributed by atoms with E-state index in [-0.39, 0.29) is 4.47 Å². The van der Waals surface area contributed by atoms with Crippen molar-refractivity contribution in [3.8, 4) is 0 Å². The minimum atomic E-state index is -4.37. The Morgan fingerprint density at radius 2 is 1.95 bits per heavy atom. The Hall–Kier alpha value is -0.790. The predicted octanol–water partition coefficient (Wildman–Crippen LogP) is 3.54. The molecule has 0 atom stereocenters. The predicted molar refractivity (Wildman–Crippen MR) is 70.3 cm³/mol. The summed E-state index contributed by atoms with van der Waals surface area (Å²) in [5.41, 5.74) is -0.288. The molecule has 0 aliphatic rings. The number of hydrogen-bond donors (Lipinski definition) is 1. The molecular weight excluding hydrogens is 327 g/mol. The van der Waals surface area contributed by atoms with Gasteiger partial charge < -0.3 is 14.8 Å². The minimum absolute atomic E-state index is 0.0295. The molecular formula is C12H15BrF3NO2. The molecule has 1 aromatic carbocycles. The third kappa shape index (κ3) is 5.80. The van der Waals surface area contributed by atoms with Crippen molar-refractivity contribution in [1.82, 2.24) is 0 Å². The van der Waals surface area contributed by atoms with Crippen LogP contribution in [-0.4, -0.2) is 33.5 Å². The summed E-state index contributed by atoms with van der Waals surface area (Å²) in [6.45, 7) is 1.80. The molecule has 0 aromatic heterocycles. The van der Waals surface area contributed by atoms with Gasteiger partial charge in [0, 0.05) is 23.8 Å². The van der Waals surface area contributed by atoms with Crippen LogP contribution in [0.25, 0.3) is 0 Å². The van der Waals surface area contributed by atoms with Crippen molar-refractivity contribution in [2.24, 2.45) is 0 Å². The zero-order valence-electron chi connectivity index (χ0n) is 10.4. The highest BCUT2D eigenvalue weighted by molar-refractivity contribution is 9.10. The Morgan fingerprint density at radius 1 is 1.21 bits per heavy atom. The van der Waals surface area contributed by atoms with E-state index in [1.807, 2.05) is 0 Å². The van der Waals surface area contributed by atoms with Gasteiger partial charge in [-0.2, -0.15) is 13.2 Å². The molecule has 0 bridgehead atoms. The number of nitrogens with one attached hydrogen (secondary N) is 1. The van der Waals surface area contributed by atoms with Crippen LogP contribution in [0.4, 0.5) is 18.9 Å². The molecule has 7 heteroatoms. The molecule has 1 rings (SSSR count). The highest BCUT2D eigenvalue weighted by Gasteiger charge is 2.33. The van der Waals surface area contributed by atoms with Crippen molar-refractivity contribution >= 4 is 21.6 Å². The second-order valence-corrected chi connectivity index (χ2v) is 4.58. The standard InChI is InChI=1S/C12H15BrF3NO2/c1-18-6-7-19-5-4-17-9-2-3-11(13)10(8-9)12(14,15)16/h2-3,8,17H,4-7H2,1H3. The molecule has 19 heavy (non-hydrogen) atoms. The van der Waals surface area contributed by atoms with Crippen molar-refractivity contribution in [2.75, 3.05) is 38.8 Å². The Balaban J connectivity index is 2.47. The number of anilines is 1. The van der Waals surface area contributed by atoms with Gasteiger partial charge in [0.05, 0.1) is 25.4 Å². The molecule has 0 aliphatic carbocycles. The van der Waals surface area contributed by atoms with Crippen LogP contribution >= 0.6 is 15.9 Å². The maximum atomic E-state index is 12.7. The molecule has 1 N–H and O–H groups in total. The number of benzene rings is 1. The number of alkyl halides is 3. The number of ether oxygens (including phenoxy) is 2. The highest BCUT2D eigenvalue weighted by atomic mass is 79.9. The van der Waals surface area contributed by atoms with Gasteiger partial charge in [-0.3, -0.25) is 0 Å². The van der Waals surface area contributed by atoms with Crippen molar-refractivity contribution < 1.29 is 22.6 Å². The van der Waals surface area contributed by atoms with E-state index >= 15 is 0 Å². The topological polar surface area (TPSA) is 30.5 Å². The summed E-state index contributed by atoms with van der Waals surface area (Å²) in [6, 6.07) is 4.02. The fourth-order valence-electron chi connectivity index (χ4n) is 1.36. The smallest absolute Gasteiger partial charge is 0.383 e. The summed E-state index contributed by atoms with van der Waals surface area (Å²) in [7, 11) is 1.57. The fraction of sp³-hybridized carbons (Fsp3) is 0.500. The van der Waals surface area contributed by atoms with Crippen LogP contribution in [-0.2, 0) is 15.7 Å². The van der Waals surface area contributed by atoms with Crippen LogP contribution < -0.4 is 5.32 Å².